The second kappa shape index (κ2) is 5.73. The van der Waals surface area contributed by atoms with Gasteiger partial charge in [0, 0.05) is 5.54 Å². The summed E-state index contributed by atoms with van der Waals surface area (Å²) in [5, 5.41) is 0. The molecule has 2 saturated carbocycles. The predicted molar refractivity (Wildman–Crippen MR) is 81.2 cm³/mol. The number of piperidine rings is 1. The molecule has 3 rings (SSSR count). The van der Waals surface area contributed by atoms with Crippen LogP contribution in [0.5, 0.6) is 0 Å². The van der Waals surface area contributed by atoms with Crippen molar-refractivity contribution in [1.29, 1.82) is 0 Å². The van der Waals surface area contributed by atoms with E-state index in [2.05, 4.69) is 4.90 Å². The summed E-state index contributed by atoms with van der Waals surface area (Å²) in [6.45, 7) is 3.94. The van der Waals surface area contributed by atoms with Gasteiger partial charge >= 0.3 is 0 Å². The van der Waals surface area contributed by atoms with Crippen LogP contribution < -0.4 is 5.73 Å². The van der Waals surface area contributed by atoms with Gasteiger partial charge in [-0.15, -0.1) is 0 Å². The van der Waals surface area contributed by atoms with Gasteiger partial charge in [0.15, 0.2) is 0 Å². The van der Waals surface area contributed by atoms with Gasteiger partial charge in [0.1, 0.15) is 0 Å². The SMILES string of the molecule is NC1(CCN2CCC3(CCCC3)CC2)CCCCC1. The molecule has 110 valence electrons. The van der Waals surface area contributed by atoms with Crippen LogP contribution in [0.4, 0.5) is 0 Å². The van der Waals surface area contributed by atoms with E-state index in [-0.39, 0.29) is 5.54 Å². The van der Waals surface area contributed by atoms with Crippen LogP contribution in [0, 0.1) is 5.41 Å². The average molecular weight is 264 g/mol. The molecule has 0 atom stereocenters. The van der Waals surface area contributed by atoms with Crippen LogP contribution in [0.2, 0.25) is 0 Å². The summed E-state index contributed by atoms with van der Waals surface area (Å²) in [6.07, 6.45) is 16.8. The van der Waals surface area contributed by atoms with Crippen molar-refractivity contribution in [2.75, 3.05) is 19.6 Å². The van der Waals surface area contributed by atoms with Crippen LogP contribution in [0.15, 0.2) is 0 Å². The second-order valence-electron chi connectivity index (χ2n) is 7.72. The van der Waals surface area contributed by atoms with Crippen molar-refractivity contribution in [3.63, 3.8) is 0 Å². The lowest BCUT2D eigenvalue weighted by Crippen LogP contribution is -2.46. The summed E-state index contributed by atoms with van der Waals surface area (Å²) in [5.41, 5.74) is 7.51. The number of rotatable bonds is 3. The molecule has 0 bridgehead atoms. The van der Waals surface area contributed by atoms with Crippen molar-refractivity contribution >= 4 is 0 Å². The molecule has 1 heterocycles. The van der Waals surface area contributed by atoms with Gasteiger partial charge in [-0.2, -0.15) is 0 Å². The summed E-state index contributed by atoms with van der Waals surface area (Å²) >= 11 is 0. The Hall–Kier alpha value is -0.0800. The number of likely N-dealkylation sites (tertiary alicyclic amines) is 1. The van der Waals surface area contributed by atoms with Crippen molar-refractivity contribution in [3.05, 3.63) is 0 Å². The fourth-order valence-electron chi connectivity index (χ4n) is 4.76. The quantitative estimate of drug-likeness (QED) is 0.842. The molecule has 2 N–H and O–H groups in total. The average Bonchev–Trinajstić information content (AvgIpc) is 2.88. The van der Waals surface area contributed by atoms with E-state index in [0.29, 0.717) is 0 Å². The molecule has 2 aliphatic carbocycles. The zero-order valence-corrected chi connectivity index (χ0v) is 12.6. The zero-order chi connectivity index (χ0) is 13.2. The van der Waals surface area contributed by atoms with Crippen LogP contribution >= 0.6 is 0 Å². The van der Waals surface area contributed by atoms with E-state index in [1.807, 2.05) is 0 Å². The van der Waals surface area contributed by atoms with Gasteiger partial charge in [-0.05, 0) is 70.0 Å². The third kappa shape index (κ3) is 3.33. The molecule has 0 radical (unpaired) electrons. The molecule has 1 saturated heterocycles. The molecule has 1 aliphatic heterocycles. The molecule has 2 heteroatoms. The van der Waals surface area contributed by atoms with Crippen molar-refractivity contribution in [2.45, 2.75) is 82.6 Å². The van der Waals surface area contributed by atoms with Crippen LogP contribution in [0.3, 0.4) is 0 Å². The molecule has 19 heavy (non-hydrogen) atoms. The smallest absolute Gasteiger partial charge is 0.0166 e. The van der Waals surface area contributed by atoms with E-state index in [1.165, 1.54) is 96.7 Å². The topological polar surface area (TPSA) is 29.3 Å². The Morgan fingerprint density at radius 3 is 1.95 bits per heavy atom. The minimum absolute atomic E-state index is 0.181. The predicted octanol–water partition coefficient (Wildman–Crippen LogP) is 3.69. The van der Waals surface area contributed by atoms with Crippen molar-refractivity contribution in [2.24, 2.45) is 11.1 Å². The Kier molecular flexibility index (Phi) is 4.19. The third-order valence-electron chi connectivity index (χ3n) is 6.36. The molecule has 2 nitrogen and oxygen atoms in total. The van der Waals surface area contributed by atoms with E-state index >= 15 is 0 Å². The molecule has 3 fully saturated rings. The fraction of sp³-hybridized carbons (Fsp3) is 1.00. The van der Waals surface area contributed by atoms with Crippen molar-refractivity contribution < 1.29 is 0 Å². The summed E-state index contributed by atoms with van der Waals surface area (Å²) in [4.78, 5) is 2.70. The minimum atomic E-state index is 0.181. The highest BCUT2D eigenvalue weighted by Crippen LogP contribution is 2.46. The molecular weight excluding hydrogens is 232 g/mol. The first-order chi connectivity index (χ1) is 9.20. The van der Waals surface area contributed by atoms with E-state index in [1.54, 1.807) is 0 Å². The maximum absolute atomic E-state index is 6.57. The van der Waals surface area contributed by atoms with E-state index in [9.17, 15) is 0 Å². The van der Waals surface area contributed by atoms with Crippen LogP contribution in [-0.4, -0.2) is 30.1 Å². The summed E-state index contributed by atoms with van der Waals surface area (Å²) < 4.78 is 0. The normalized spacial score (nSPS) is 30.8. The van der Waals surface area contributed by atoms with Gasteiger partial charge in [0.2, 0.25) is 0 Å². The van der Waals surface area contributed by atoms with E-state index in [4.69, 9.17) is 5.73 Å². The highest BCUT2D eigenvalue weighted by Gasteiger charge is 2.37. The molecule has 3 aliphatic rings. The number of hydrogen-bond donors (Lipinski definition) is 1. The Morgan fingerprint density at radius 1 is 0.737 bits per heavy atom. The Balaban J connectivity index is 1.42. The zero-order valence-electron chi connectivity index (χ0n) is 12.6. The minimum Gasteiger partial charge on any atom is -0.325 e. The maximum atomic E-state index is 6.57. The number of nitrogens with zero attached hydrogens (tertiary/aromatic N) is 1. The van der Waals surface area contributed by atoms with Gasteiger partial charge in [-0.25, -0.2) is 0 Å². The van der Waals surface area contributed by atoms with Crippen LogP contribution in [0.25, 0.3) is 0 Å². The maximum Gasteiger partial charge on any atom is 0.0166 e. The van der Waals surface area contributed by atoms with Crippen LogP contribution in [0.1, 0.15) is 77.0 Å². The largest absolute Gasteiger partial charge is 0.325 e. The third-order valence-corrected chi connectivity index (χ3v) is 6.36. The summed E-state index contributed by atoms with van der Waals surface area (Å²) in [5.74, 6) is 0. The molecule has 1 spiro atoms. The fourth-order valence-corrected chi connectivity index (χ4v) is 4.76. The second-order valence-corrected chi connectivity index (χ2v) is 7.72. The van der Waals surface area contributed by atoms with Gasteiger partial charge in [0.05, 0.1) is 0 Å². The molecule has 0 aromatic heterocycles. The van der Waals surface area contributed by atoms with E-state index in [0.717, 1.165) is 5.41 Å². The highest BCUT2D eigenvalue weighted by molar-refractivity contribution is 4.92. The van der Waals surface area contributed by atoms with E-state index < -0.39 is 0 Å². The van der Waals surface area contributed by atoms with Crippen molar-refractivity contribution in [1.82, 2.24) is 4.90 Å². The first-order valence-electron chi connectivity index (χ1n) is 8.71. The standard InChI is InChI=1S/C17H32N2/c18-17(8-2-1-3-9-17)12-15-19-13-10-16(11-14-19)6-4-5-7-16/h1-15,18H2. The number of nitrogens with two attached hydrogens (primary N) is 1. The van der Waals surface area contributed by atoms with Crippen LogP contribution in [-0.2, 0) is 0 Å². The summed E-state index contributed by atoms with van der Waals surface area (Å²) in [6, 6.07) is 0. The lowest BCUT2D eigenvalue weighted by molar-refractivity contribution is 0.0983. The molecular formula is C17H32N2. The number of hydrogen-bond acceptors (Lipinski definition) is 2. The first-order valence-corrected chi connectivity index (χ1v) is 8.71. The lowest BCUT2D eigenvalue weighted by Gasteiger charge is -2.41. The van der Waals surface area contributed by atoms with Crippen molar-refractivity contribution in [3.8, 4) is 0 Å². The highest BCUT2D eigenvalue weighted by atomic mass is 15.1. The molecule has 0 unspecified atom stereocenters. The summed E-state index contributed by atoms with van der Waals surface area (Å²) in [7, 11) is 0. The molecule has 0 aromatic carbocycles. The van der Waals surface area contributed by atoms with Gasteiger partial charge < -0.3 is 10.6 Å². The molecule has 0 aromatic rings. The Morgan fingerprint density at radius 2 is 1.32 bits per heavy atom. The van der Waals surface area contributed by atoms with Gasteiger partial charge in [0.25, 0.3) is 0 Å². The molecule has 0 amide bonds. The van der Waals surface area contributed by atoms with Gasteiger partial charge in [-0.3, -0.25) is 0 Å². The first kappa shape index (κ1) is 13.9. The lowest BCUT2D eigenvalue weighted by atomic mass is 9.76. The Bertz CT molecular complexity index is 278. The Labute approximate surface area is 119 Å². The van der Waals surface area contributed by atoms with Gasteiger partial charge in [-0.1, -0.05) is 32.1 Å². The monoisotopic (exact) mass is 264 g/mol.